The third-order valence-corrected chi connectivity index (χ3v) is 4.78. The van der Waals surface area contributed by atoms with Crippen LogP contribution < -0.4 is 16.8 Å². The molecule has 0 saturated carbocycles. The van der Waals surface area contributed by atoms with Crippen LogP contribution in [0.4, 0.5) is 11.5 Å². The van der Waals surface area contributed by atoms with Crippen LogP contribution in [0.15, 0.2) is 66.5 Å². The Labute approximate surface area is 176 Å². The van der Waals surface area contributed by atoms with E-state index in [9.17, 15) is 4.79 Å². The molecular formula is C24H25N5O. The summed E-state index contributed by atoms with van der Waals surface area (Å²) in [5.41, 5.74) is 17.2. The second-order valence-electron chi connectivity index (χ2n) is 7.04. The highest BCUT2D eigenvalue weighted by molar-refractivity contribution is 5.97. The number of anilines is 2. The molecule has 0 spiro atoms. The van der Waals surface area contributed by atoms with Crippen molar-refractivity contribution in [3.63, 3.8) is 0 Å². The van der Waals surface area contributed by atoms with Crippen molar-refractivity contribution in [3.05, 3.63) is 83.2 Å². The Hall–Kier alpha value is -3.93. The van der Waals surface area contributed by atoms with Crippen LogP contribution >= 0.6 is 0 Å². The van der Waals surface area contributed by atoms with Gasteiger partial charge >= 0.3 is 0 Å². The smallest absolute Gasteiger partial charge is 0.161 e. The number of hydrogen-bond donors (Lipinski definition) is 3. The van der Waals surface area contributed by atoms with E-state index in [0.717, 1.165) is 33.5 Å². The molecule has 5 N–H and O–H groups in total. The summed E-state index contributed by atoms with van der Waals surface area (Å²) in [6.45, 7) is 5.40. The van der Waals surface area contributed by atoms with Crippen molar-refractivity contribution in [1.82, 2.24) is 9.97 Å². The van der Waals surface area contributed by atoms with Crippen LogP contribution in [0.2, 0.25) is 0 Å². The van der Waals surface area contributed by atoms with E-state index in [1.807, 2.05) is 68.5 Å². The van der Waals surface area contributed by atoms with Crippen LogP contribution in [0.5, 0.6) is 0 Å². The summed E-state index contributed by atoms with van der Waals surface area (Å²) in [4.78, 5) is 20.5. The van der Waals surface area contributed by atoms with Gasteiger partial charge < -0.3 is 16.8 Å². The average molecular weight is 399 g/mol. The quantitative estimate of drug-likeness (QED) is 0.530. The first-order valence-corrected chi connectivity index (χ1v) is 9.55. The standard InChI is InChI=1S/C24H25N5O/c1-15(17(3)30)12-19-4-5-20(13-16(19)2)24-27-11-10-23(29-24)28-21-8-6-18(7-9-21)22(26)14-25/h4-14H,25-26H2,1-3H3,(H,27,28,29)/b15-12+,22-14-. The van der Waals surface area contributed by atoms with Gasteiger partial charge in [0.1, 0.15) is 5.82 Å². The SMILES string of the molecule is CC(=O)/C(C)=C/c1ccc(-c2nccc(Nc3ccc(/C(N)=C/N)cc3)n2)cc1C. The van der Waals surface area contributed by atoms with Crippen molar-refractivity contribution in [2.24, 2.45) is 11.5 Å². The number of ketones is 1. The third-order valence-electron chi connectivity index (χ3n) is 4.78. The highest BCUT2D eigenvalue weighted by Crippen LogP contribution is 2.23. The molecule has 6 nitrogen and oxygen atoms in total. The number of allylic oxidation sites excluding steroid dienone is 1. The van der Waals surface area contributed by atoms with E-state index in [2.05, 4.69) is 15.3 Å². The van der Waals surface area contributed by atoms with Crippen LogP contribution in [0, 0.1) is 6.92 Å². The summed E-state index contributed by atoms with van der Waals surface area (Å²) in [6.07, 6.45) is 5.00. The molecule has 0 unspecified atom stereocenters. The number of benzene rings is 2. The zero-order valence-electron chi connectivity index (χ0n) is 17.3. The van der Waals surface area contributed by atoms with Crippen LogP contribution in [-0.4, -0.2) is 15.8 Å². The first-order valence-electron chi connectivity index (χ1n) is 9.55. The molecule has 0 aliphatic heterocycles. The minimum absolute atomic E-state index is 0.0651. The molecule has 0 aliphatic carbocycles. The van der Waals surface area contributed by atoms with Crippen LogP contribution in [0.25, 0.3) is 23.2 Å². The first-order chi connectivity index (χ1) is 14.4. The fraction of sp³-hybridized carbons (Fsp3) is 0.125. The molecule has 3 aromatic rings. The third kappa shape index (κ3) is 4.91. The van der Waals surface area contributed by atoms with Crippen molar-refractivity contribution >= 4 is 29.1 Å². The topological polar surface area (TPSA) is 107 Å². The lowest BCUT2D eigenvalue weighted by molar-refractivity contribution is -0.113. The van der Waals surface area contributed by atoms with Gasteiger partial charge in [0.2, 0.25) is 0 Å². The molecule has 2 aromatic carbocycles. The number of Topliss-reactive ketones (excluding diaryl/α,β-unsaturated/α-hetero) is 1. The molecule has 0 radical (unpaired) electrons. The van der Waals surface area contributed by atoms with Gasteiger partial charge in [-0.1, -0.05) is 24.3 Å². The van der Waals surface area contributed by atoms with Crippen molar-refractivity contribution < 1.29 is 4.79 Å². The predicted molar refractivity (Wildman–Crippen MR) is 123 cm³/mol. The minimum Gasteiger partial charge on any atom is -0.403 e. The highest BCUT2D eigenvalue weighted by Gasteiger charge is 2.07. The summed E-state index contributed by atoms with van der Waals surface area (Å²) in [7, 11) is 0. The van der Waals surface area contributed by atoms with E-state index in [1.54, 1.807) is 13.1 Å². The molecule has 0 amide bonds. The molecule has 0 aliphatic rings. The van der Waals surface area contributed by atoms with Crippen molar-refractivity contribution in [2.75, 3.05) is 5.32 Å². The number of rotatable bonds is 6. The van der Waals surface area contributed by atoms with Gasteiger partial charge in [0, 0.05) is 23.6 Å². The van der Waals surface area contributed by atoms with E-state index in [4.69, 9.17) is 11.5 Å². The number of nitrogens with one attached hydrogen (secondary N) is 1. The Balaban J connectivity index is 1.82. The number of nitrogens with two attached hydrogens (primary N) is 2. The van der Waals surface area contributed by atoms with E-state index in [-0.39, 0.29) is 5.78 Å². The van der Waals surface area contributed by atoms with Gasteiger partial charge in [0.05, 0.1) is 5.70 Å². The van der Waals surface area contributed by atoms with E-state index < -0.39 is 0 Å². The molecule has 3 rings (SSSR count). The van der Waals surface area contributed by atoms with Crippen LogP contribution in [0.3, 0.4) is 0 Å². The molecule has 1 aromatic heterocycles. The number of aryl methyl sites for hydroxylation is 1. The van der Waals surface area contributed by atoms with Gasteiger partial charge in [-0.2, -0.15) is 0 Å². The van der Waals surface area contributed by atoms with Crippen molar-refractivity contribution in [1.29, 1.82) is 0 Å². The van der Waals surface area contributed by atoms with Gasteiger partial charge in [-0.15, -0.1) is 0 Å². The second-order valence-corrected chi connectivity index (χ2v) is 7.04. The minimum atomic E-state index is 0.0651. The maximum Gasteiger partial charge on any atom is 0.161 e. The van der Waals surface area contributed by atoms with Gasteiger partial charge in [-0.25, -0.2) is 9.97 Å². The average Bonchev–Trinajstić information content (AvgIpc) is 2.75. The number of carbonyl (C=O) groups excluding carboxylic acids is 1. The second kappa shape index (κ2) is 9.05. The largest absolute Gasteiger partial charge is 0.403 e. The normalized spacial score (nSPS) is 12.0. The zero-order valence-corrected chi connectivity index (χ0v) is 17.3. The maximum atomic E-state index is 11.5. The van der Waals surface area contributed by atoms with E-state index >= 15 is 0 Å². The molecule has 152 valence electrons. The fourth-order valence-corrected chi connectivity index (χ4v) is 2.87. The van der Waals surface area contributed by atoms with Gasteiger partial charge in [-0.05, 0) is 73.4 Å². The number of nitrogens with zero attached hydrogens (tertiary/aromatic N) is 2. The van der Waals surface area contributed by atoms with Crippen molar-refractivity contribution in [3.8, 4) is 11.4 Å². The van der Waals surface area contributed by atoms with E-state index in [1.165, 1.54) is 6.20 Å². The van der Waals surface area contributed by atoms with E-state index in [0.29, 0.717) is 17.3 Å². The number of hydrogen-bond acceptors (Lipinski definition) is 6. The van der Waals surface area contributed by atoms with Crippen LogP contribution in [-0.2, 0) is 4.79 Å². The lowest BCUT2D eigenvalue weighted by Gasteiger charge is -2.09. The molecular weight excluding hydrogens is 374 g/mol. The van der Waals surface area contributed by atoms with Gasteiger partial charge in [0.25, 0.3) is 0 Å². The Morgan fingerprint density at radius 1 is 1.07 bits per heavy atom. The Kier molecular flexibility index (Phi) is 6.27. The molecule has 0 fully saturated rings. The maximum absolute atomic E-state index is 11.5. The number of aromatic nitrogens is 2. The van der Waals surface area contributed by atoms with Crippen LogP contribution in [0.1, 0.15) is 30.5 Å². The Morgan fingerprint density at radius 2 is 1.80 bits per heavy atom. The summed E-state index contributed by atoms with van der Waals surface area (Å²) >= 11 is 0. The molecule has 1 heterocycles. The first kappa shape index (κ1) is 20.8. The summed E-state index contributed by atoms with van der Waals surface area (Å²) in [6, 6.07) is 15.4. The molecule has 0 atom stereocenters. The molecule has 0 saturated heterocycles. The summed E-state index contributed by atoms with van der Waals surface area (Å²) in [5.74, 6) is 1.37. The predicted octanol–water partition coefficient (Wildman–Crippen LogP) is 4.40. The summed E-state index contributed by atoms with van der Waals surface area (Å²) in [5, 5.41) is 3.27. The van der Waals surface area contributed by atoms with Crippen molar-refractivity contribution in [2.45, 2.75) is 20.8 Å². The van der Waals surface area contributed by atoms with Gasteiger partial charge in [0.15, 0.2) is 11.6 Å². The fourth-order valence-electron chi connectivity index (χ4n) is 2.87. The number of carbonyl (C=O) groups is 1. The lowest BCUT2D eigenvalue weighted by atomic mass is 10.0. The molecule has 30 heavy (non-hydrogen) atoms. The zero-order chi connectivity index (χ0) is 21.7. The lowest BCUT2D eigenvalue weighted by Crippen LogP contribution is -2.00. The van der Waals surface area contributed by atoms with Gasteiger partial charge in [-0.3, -0.25) is 4.79 Å². The Morgan fingerprint density at radius 3 is 2.43 bits per heavy atom. The summed E-state index contributed by atoms with van der Waals surface area (Å²) < 4.78 is 0. The molecule has 6 heteroatoms. The Bertz CT molecular complexity index is 1130. The monoisotopic (exact) mass is 399 g/mol. The molecule has 0 bridgehead atoms. The highest BCUT2D eigenvalue weighted by atomic mass is 16.1.